The van der Waals surface area contributed by atoms with E-state index in [-0.39, 0.29) is 12.3 Å². The Kier molecular flexibility index (Phi) is 4.47. The molecule has 0 aliphatic carbocycles. The molecule has 2 aromatic rings. The molecule has 5 nitrogen and oxygen atoms in total. The second-order valence-electron chi connectivity index (χ2n) is 4.36. The first-order valence-electron chi connectivity index (χ1n) is 6.03. The smallest absolute Gasteiger partial charge is 0.326 e. The van der Waals surface area contributed by atoms with Gasteiger partial charge >= 0.3 is 5.97 Å². The number of nitrogens with one attached hydrogen (secondary N) is 1. The first kappa shape index (κ1) is 14.2. The van der Waals surface area contributed by atoms with Gasteiger partial charge in [-0.3, -0.25) is 9.78 Å². The van der Waals surface area contributed by atoms with Crippen molar-refractivity contribution in [1.82, 2.24) is 10.3 Å². The summed E-state index contributed by atoms with van der Waals surface area (Å²) in [6.45, 7) is 1.30. The molecule has 0 aliphatic heterocycles. The number of hydrogen-bond donors (Lipinski definition) is 2. The summed E-state index contributed by atoms with van der Waals surface area (Å²) in [6.07, 6.45) is 1.86. The van der Waals surface area contributed by atoms with Crippen molar-refractivity contribution in [3.05, 3.63) is 40.7 Å². The minimum atomic E-state index is -1.05. The third-order valence-electron chi connectivity index (χ3n) is 2.76. The van der Waals surface area contributed by atoms with Crippen molar-refractivity contribution in [2.75, 3.05) is 0 Å². The lowest BCUT2D eigenvalue weighted by Gasteiger charge is -2.13. The molecule has 0 radical (unpaired) electrons. The van der Waals surface area contributed by atoms with Crippen molar-refractivity contribution in [2.45, 2.75) is 19.4 Å². The van der Waals surface area contributed by atoms with Gasteiger partial charge < -0.3 is 10.4 Å². The van der Waals surface area contributed by atoms with Crippen LogP contribution in [0.15, 0.2) is 35.2 Å². The molecule has 20 heavy (non-hydrogen) atoms. The molecule has 0 saturated carbocycles. The highest BCUT2D eigenvalue weighted by molar-refractivity contribution is 7.08. The summed E-state index contributed by atoms with van der Waals surface area (Å²) in [7, 11) is 0. The van der Waals surface area contributed by atoms with Crippen molar-refractivity contribution in [1.29, 1.82) is 0 Å². The molecule has 1 atom stereocenters. The fraction of sp³-hybridized carbons (Fsp3) is 0.214. The molecule has 104 valence electrons. The van der Waals surface area contributed by atoms with Crippen LogP contribution < -0.4 is 5.32 Å². The second kappa shape index (κ2) is 6.29. The number of rotatable bonds is 5. The highest BCUT2D eigenvalue weighted by Gasteiger charge is 2.18. The Bertz CT molecular complexity index is 593. The fourth-order valence-corrected chi connectivity index (χ4v) is 2.46. The van der Waals surface area contributed by atoms with E-state index in [2.05, 4.69) is 10.3 Å². The van der Waals surface area contributed by atoms with Gasteiger partial charge in [0.25, 0.3) is 0 Å². The predicted octanol–water partition coefficient (Wildman–Crippen LogP) is 1.94. The normalized spacial score (nSPS) is 11.8. The number of hydrogen-bond acceptors (Lipinski definition) is 4. The van der Waals surface area contributed by atoms with E-state index in [0.29, 0.717) is 0 Å². The minimum Gasteiger partial charge on any atom is -0.480 e. The van der Waals surface area contributed by atoms with Gasteiger partial charge in [0.05, 0.1) is 5.69 Å². The quantitative estimate of drug-likeness (QED) is 0.882. The van der Waals surface area contributed by atoms with Crippen LogP contribution in [0.4, 0.5) is 0 Å². The minimum absolute atomic E-state index is 0.214. The summed E-state index contributed by atoms with van der Waals surface area (Å²) in [4.78, 5) is 26.3. The number of pyridine rings is 1. The van der Waals surface area contributed by atoms with E-state index < -0.39 is 12.0 Å². The molecule has 0 fully saturated rings. The van der Waals surface area contributed by atoms with Crippen LogP contribution in [0.2, 0.25) is 0 Å². The standard InChI is InChI=1S/C14H14N2O3S/c1-9(17)16-13(14(18)19)6-10-2-3-12(15-7-10)11-4-5-20-8-11/h2-5,7-8,13H,6H2,1H3,(H,16,17)(H,18,19). The molecule has 0 spiro atoms. The van der Waals surface area contributed by atoms with E-state index in [1.807, 2.05) is 29.0 Å². The third-order valence-corrected chi connectivity index (χ3v) is 3.44. The predicted molar refractivity (Wildman–Crippen MR) is 76.5 cm³/mol. The number of aromatic nitrogens is 1. The zero-order chi connectivity index (χ0) is 14.5. The lowest BCUT2D eigenvalue weighted by Crippen LogP contribution is -2.41. The molecular weight excluding hydrogens is 276 g/mol. The average molecular weight is 290 g/mol. The number of carbonyl (C=O) groups excluding carboxylic acids is 1. The van der Waals surface area contributed by atoms with Crippen LogP contribution in [-0.2, 0) is 16.0 Å². The van der Waals surface area contributed by atoms with Gasteiger partial charge in [0.15, 0.2) is 0 Å². The lowest BCUT2D eigenvalue weighted by atomic mass is 10.1. The van der Waals surface area contributed by atoms with Crippen LogP contribution in [0.1, 0.15) is 12.5 Å². The molecule has 2 heterocycles. The van der Waals surface area contributed by atoms with E-state index in [4.69, 9.17) is 5.11 Å². The molecule has 0 aliphatic rings. The maximum Gasteiger partial charge on any atom is 0.326 e. The molecule has 1 amide bonds. The van der Waals surface area contributed by atoms with E-state index in [0.717, 1.165) is 16.8 Å². The summed E-state index contributed by atoms with van der Waals surface area (Å²) in [5, 5.41) is 15.4. The van der Waals surface area contributed by atoms with Crippen LogP contribution in [0.25, 0.3) is 11.3 Å². The van der Waals surface area contributed by atoms with Gasteiger partial charge in [0.1, 0.15) is 6.04 Å². The Morgan fingerprint density at radius 3 is 2.70 bits per heavy atom. The first-order chi connectivity index (χ1) is 9.56. The largest absolute Gasteiger partial charge is 0.480 e. The first-order valence-corrected chi connectivity index (χ1v) is 6.98. The number of nitrogens with zero attached hydrogens (tertiary/aromatic N) is 1. The number of carboxylic acids is 1. The highest BCUT2D eigenvalue weighted by atomic mass is 32.1. The Balaban J connectivity index is 2.09. The van der Waals surface area contributed by atoms with Gasteiger partial charge in [-0.1, -0.05) is 6.07 Å². The van der Waals surface area contributed by atoms with E-state index >= 15 is 0 Å². The van der Waals surface area contributed by atoms with Gasteiger partial charge in [-0.25, -0.2) is 4.79 Å². The zero-order valence-corrected chi connectivity index (χ0v) is 11.7. The van der Waals surface area contributed by atoms with Crippen LogP contribution in [0.3, 0.4) is 0 Å². The fourth-order valence-electron chi connectivity index (χ4n) is 1.81. The van der Waals surface area contributed by atoms with E-state index in [9.17, 15) is 9.59 Å². The SMILES string of the molecule is CC(=O)NC(Cc1ccc(-c2ccsc2)nc1)C(=O)O. The van der Waals surface area contributed by atoms with Crippen LogP contribution in [-0.4, -0.2) is 28.0 Å². The van der Waals surface area contributed by atoms with Crippen molar-refractivity contribution >= 4 is 23.2 Å². The Hall–Kier alpha value is -2.21. The Morgan fingerprint density at radius 1 is 1.40 bits per heavy atom. The number of thiophene rings is 1. The maximum atomic E-state index is 11.1. The van der Waals surface area contributed by atoms with Gasteiger partial charge in [0.2, 0.25) is 5.91 Å². The van der Waals surface area contributed by atoms with Crippen LogP contribution in [0, 0.1) is 0 Å². The van der Waals surface area contributed by atoms with Crippen molar-refractivity contribution in [3.8, 4) is 11.3 Å². The molecule has 2 aromatic heterocycles. The molecule has 2 rings (SSSR count). The Labute approximate surface area is 120 Å². The topological polar surface area (TPSA) is 79.3 Å². The summed E-state index contributed by atoms with van der Waals surface area (Å²) < 4.78 is 0. The highest BCUT2D eigenvalue weighted by Crippen LogP contribution is 2.20. The molecule has 0 saturated heterocycles. The van der Waals surface area contributed by atoms with Crippen LogP contribution in [0.5, 0.6) is 0 Å². The van der Waals surface area contributed by atoms with E-state index in [1.54, 1.807) is 17.5 Å². The summed E-state index contributed by atoms with van der Waals surface area (Å²) >= 11 is 1.59. The molecule has 2 N–H and O–H groups in total. The Morgan fingerprint density at radius 2 is 2.20 bits per heavy atom. The van der Waals surface area contributed by atoms with Gasteiger partial charge in [-0.15, -0.1) is 0 Å². The summed E-state index contributed by atoms with van der Waals surface area (Å²) in [5.41, 5.74) is 2.66. The van der Waals surface area contributed by atoms with Gasteiger partial charge in [-0.2, -0.15) is 11.3 Å². The van der Waals surface area contributed by atoms with Crippen LogP contribution >= 0.6 is 11.3 Å². The second-order valence-corrected chi connectivity index (χ2v) is 5.14. The van der Waals surface area contributed by atoms with E-state index in [1.165, 1.54) is 6.92 Å². The molecule has 0 aromatic carbocycles. The maximum absolute atomic E-state index is 11.1. The molecule has 1 unspecified atom stereocenters. The lowest BCUT2D eigenvalue weighted by molar-refractivity contribution is -0.141. The average Bonchev–Trinajstić information content (AvgIpc) is 2.92. The number of aliphatic carboxylic acids is 1. The molecule has 0 bridgehead atoms. The monoisotopic (exact) mass is 290 g/mol. The molecule has 6 heteroatoms. The van der Waals surface area contributed by atoms with Crippen molar-refractivity contribution in [3.63, 3.8) is 0 Å². The van der Waals surface area contributed by atoms with Crippen molar-refractivity contribution in [2.24, 2.45) is 0 Å². The van der Waals surface area contributed by atoms with Gasteiger partial charge in [0, 0.05) is 30.5 Å². The summed E-state index contributed by atoms with van der Waals surface area (Å²) in [6, 6.07) is 4.73. The number of carbonyl (C=O) groups is 2. The number of carboxylic acid groups (broad SMARTS) is 1. The molecular formula is C14H14N2O3S. The van der Waals surface area contributed by atoms with Crippen molar-refractivity contribution < 1.29 is 14.7 Å². The summed E-state index contributed by atoms with van der Waals surface area (Å²) in [5.74, 6) is -1.41. The zero-order valence-electron chi connectivity index (χ0n) is 10.9. The third kappa shape index (κ3) is 3.64. The van der Waals surface area contributed by atoms with Gasteiger partial charge in [-0.05, 0) is 23.1 Å². The number of amides is 1.